The van der Waals surface area contributed by atoms with Crippen LogP contribution >= 0.6 is 0 Å². The minimum absolute atomic E-state index is 0.105. The van der Waals surface area contributed by atoms with E-state index in [-0.39, 0.29) is 5.92 Å². The van der Waals surface area contributed by atoms with E-state index in [4.69, 9.17) is 0 Å². The highest BCUT2D eigenvalue weighted by Gasteiger charge is 2.11. The van der Waals surface area contributed by atoms with Crippen LogP contribution in [-0.2, 0) is 11.2 Å². The Hall–Kier alpha value is -1.90. The molecule has 76 valence electrons. The van der Waals surface area contributed by atoms with E-state index in [1.165, 1.54) is 0 Å². The molecular formula is C12H12N2O. The minimum Gasteiger partial charge on any atom is -0.303 e. The summed E-state index contributed by atoms with van der Waals surface area (Å²) in [7, 11) is 0. The Labute approximate surface area is 88.1 Å². The zero-order valence-electron chi connectivity index (χ0n) is 8.26. The molecule has 0 radical (unpaired) electrons. The lowest BCUT2D eigenvalue weighted by Crippen LogP contribution is -2.03. The fourth-order valence-corrected chi connectivity index (χ4v) is 1.58. The Morgan fingerprint density at radius 3 is 2.73 bits per heavy atom. The third kappa shape index (κ3) is 2.31. The van der Waals surface area contributed by atoms with Crippen molar-refractivity contribution >= 4 is 6.29 Å². The monoisotopic (exact) mass is 200 g/mol. The first kappa shape index (κ1) is 9.65. The number of aldehydes is 1. The van der Waals surface area contributed by atoms with Crippen LogP contribution in [0.2, 0.25) is 0 Å². The van der Waals surface area contributed by atoms with Gasteiger partial charge in [-0.25, -0.2) is 0 Å². The van der Waals surface area contributed by atoms with Gasteiger partial charge in [0, 0.05) is 17.7 Å². The van der Waals surface area contributed by atoms with Gasteiger partial charge >= 0.3 is 0 Å². The second-order valence-corrected chi connectivity index (χ2v) is 3.46. The van der Waals surface area contributed by atoms with Crippen molar-refractivity contribution in [3.8, 4) is 0 Å². The number of aromatic nitrogens is 2. The molecule has 1 N–H and O–H groups in total. The molecule has 1 aromatic carbocycles. The number of carbonyl (C=O) groups excluding carboxylic acids is 1. The van der Waals surface area contributed by atoms with Crippen molar-refractivity contribution < 1.29 is 4.79 Å². The maximum atomic E-state index is 11.0. The van der Waals surface area contributed by atoms with Crippen LogP contribution in [-0.4, -0.2) is 16.5 Å². The van der Waals surface area contributed by atoms with Gasteiger partial charge in [-0.15, -0.1) is 0 Å². The Morgan fingerprint density at radius 1 is 1.33 bits per heavy atom. The predicted octanol–water partition coefficient (Wildman–Crippen LogP) is 1.93. The van der Waals surface area contributed by atoms with Crippen molar-refractivity contribution in [1.29, 1.82) is 0 Å². The van der Waals surface area contributed by atoms with Crippen LogP contribution in [0, 0.1) is 0 Å². The number of nitrogens with zero attached hydrogens (tertiary/aromatic N) is 1. The smallest absolute Gasteiger partial charge is 0.127 e. The molecule has 2 aromatic rings. The van der Waals surface area contributed by atoms with Crippen LogP contribution in [0.3, 0.4) is 0 Å². The van der Waals surface area contributed by atoms with Gasteiger partial charge in [-0.2, -0.15) is 5.10 Å². The highest BCUT2D eigenvalue weighted by Crippen LogP contribution is 2.17. The molecular weight excluding hydrogens is 188 g/mol. The molecule has 3 nitrogen and oxygen atoms in total. The third-order valence-electron chi connectivity index (χ3n) is 2.41. The topological polar surface area (TPSA) is 45.8 Å². The number of nitrogens with one attached hydrogen (secondary N) is 1. The molecule has 1 heterocycles. The van der Waals surface area contributed by atoms with Crippen LogP contribution in [0.25, 0.3) is 0 Å². The molecule has 0 aliphatic rings. The molecule has 1 aromatic heterocycles. The molecule has 0 aliphatic carbocycles. The normalized spacial score (nSPS) is 12.3. The van der Waals surface area contributed by atoms with Gasteiger partial charge < -0.3 is 4.79 Å². The van der Waals surface area contributed by atoms with Gasteiger partial charge in [0.1, 0.15) is 6.29 Å². The second-order valence-electron chi connectivity index (χ2n) is 3.46. The number of benzene rings is 1. The van der Waals surface area contributed by atoms with Gasteiger partial charge in [0.2, 0.25) is 0 Å². The lowest BCUT2D eigenvalue weighted by molar-refractivity contribution is -0.109. The van der Waals surface area contributed by atoms with Crippen LogP contribution < -0.4 is 0 Å². The van der Waals surface area contributed by atoms with E-state index < -0.39 is 0 Å². The van der Waals surface area contributed by atoms with Crippen LogP contribution in [0.15, 0.2) is 42.7 Å². The number of aromatic amines is 1. The van der Waals surface area contributed by atoms with Crippen molar-refractivity contribution in [2.45, 2.75) is 12.3 Å². The summed E-state index contributed by atoms with van der Waals surface area (Å²) in [5.74, 6) is -0.105. The van der Waals surface area contributed by atoms with Crippen LogP contribution in [0.4, 0.5) is 0 Å². The fraction of sp³-hybridized carbons (Fsp3) is 0.167. The first-order valence-corrected chi connectivity index (χ1v) is 4.88. The van der Waals surface area contributed by atoms with E-state index in [1.54, 1.807) is 12.4 Å². The lowest BCUT2D eigenvalue weighted by atomic mass is 9.96. The van der Waals surface area contributed by atoms with Crippen molar-refractivity contribution in [2.75, 3.05) is 0 Å². The molecule has 3 heteroatoms. The summed E-state index contributed by atoms with van der Waals surface area (Å²) in [6, 6.07) is 9.98. The number of hydrogen-bond acceptors (Lipinski definition) is 2. The summed E-state index contributed by atoms with van der Waals surface area (Å²) < 4.78 is 0. The summed E-state index contributed by atoms with van der Waals surface area (Å²) >= 11 is 0. The van der Waals surface area contributed by atoms with Gasteiger partial charge in [0.05, 0.1) is 6.20 Å². The summed E-state index contributed by atoms with van der Waals surface area (Å²) in [6.45, 7) is 0. The van der Waals surface area contributed by atoms with E-state index in [0.29, 0.717) is 0 Å². The Kier molecular flexibility index (Phi) is 2.93. The van der Waals surface area contributed by atoms with Crippen molar-refractivity contribution in [2.24, 2.45) is 0 Å². The SMILES string of the molecule is O=CC(Cc1ccccc1)c1cn[nH]c1. The first-order chi connectivity index (χ1) is 7.40. The van der Waals surface area contributed by atoms with Crippen molar-refractivity contribution in [3.05, 3.63) is 53.9 Å². The summed E-state index contributed by atoms with van der Waals surface area (Å²) in [4.78, 5) is 11.0. The van der Waals surface area contributed by atoms with E-state index in [0.717, 1.165) is 23.8 Å². The number of rotatable bonds is 4. The second kappa shape index (κ2) is 4.55. The molecule has 0 spiro atoms. The maximum absolute atomic E-state index is 11.0. The minimum atomic E-state index is -0.105. The number of carbonyl (C=O) groups is 1. The highest BCUT2D eigenvalue weighted by molar-refractivity contribution is 5.62. The van der Waals surface area contributed by atoms with Gasteiger partial charge in [0.15, 0.2) is 0 Å². The van der Waals surface area contributed by atoms with Gasteiger partial charge in [-0.1, -0.05) is 30.3 Å². The average Bonchev–Trinajstić information content (AvgIpc) is 2.81. The quantitative estimate of drug-likeness (QED) is 0.766. The predicted molar refractivity (Wildman–Crippen MR) is 57.5 cm³/mol. The molecule has 0 saturated carbocycles. The largest absolute Gasteiger partial charge is 0.303 e. The molecule has 0 aliphatic heterocycles. The molecule has 0 fully saturated rings. The molecule has 0 bridgehead atoms. The van der Waals surface area contributed by atoms with Crippen LogP contribution in [0.1, 0.15) is 17.0 Å². The first-order valence-electron chi connectivity index (χ1n) is 4.88. The molecule has 2 rings (SSSR count). The molecule has 0 amide bonds. The highest BCUT2D eigenvalue weighted by atomic mass is 16.1. The molecule has 1 unspecified atom stereocenters. The summed E-state index contributed by atoms with van der Waals surface area (Å²) in [6.07, 6.45) is 5.16. The van der Waals surface area contributed by atoms with E-state index >= 15 is 0 Å². The molecule has 15 heavy (non-hydrogen) atoms. The third-order valence-corrected chi connectivity index (χ3v) is 2.41. The molecule has 1 atom stereocenters. The van der Waals surface area contributed by atoms with E-state index in [2.05, 4.69) is 10.2 Å². The fourth-order valence-electron chi connectivity index (χ4n) is 1.58. The average molecular weight is 200 g/mol. The van der Waals surface area contributed by atoms with Crippen LogP contribution in [0.5, 0.6) is 0 Å². The zero-order valence-corrected chi connectivity index (χ0v) is 8.26. The number of hydrogen-bond donors (Lipinski definition) is 1. The van der Waals surface area contributed by atoms with Gasteiger partial charge in [-0.3, -0.25) is 5.10 Å². The van der Waals surface area contributed by atoms with E-state index in [9.17, 15) is 4.79 Å². The molecule has 0 saturated heterocycles. The maximum Gasteiger partial charge on any atom is 0.127 e. The summed E-state index contributed by atoms with van der Waals surface area (Å²) in [5.41, 5.74) is 2.10. The van der Waals surface area contributed by atoms with Crippen molar-refractivity contribution in [3.63, 3.8) is 0 Å². The Balaban J connectivity index is 2.13. The number of H-pyrrole nitrogens is 1. The lowest BCUT2D eigenvalue weighted by Gasteiger charge is -2.07. The Morgan fingerprint density at radius 2 is 2.13 bits per heavy atom. The van der Waals surface area contributed by atoms with E-state index in [1.807, 2.05) is 30.3 Å². The van der Waals surface area contributed by atoms with Gasteiger partial charge in [-0.05, 0) is 12.0 Å². The van der Waals surface area contributed by atoms with Crippen molar-refractivity contribution in [1.82, 2.24) is 10.2 Å². The standard InChI is InChI=1S/C12H12N2O/c15-9-11(12-7-13-14-8-12)6-10-4-2-1-3-5-10/h1-5,7-9,11H,6H2,(H,13,14). The summed E-state index contributed by atoms with van der Waals surface area (Å²) in [5, 5.41) is 6.57. The van der Waals surface area contributed by atoms with Gasteiger partial charge in [0.25, 0.3) is 0 Å². The zero-order chi connectivity index (χ0) is 10.5. The Bertz CT molecular complexity index is 408.